The SMILES string of the molecule is CC(C)CCNC1CCc2cc(Oc3ccc(C(N)=O)cn3)ccc21. The molecule has 1 aromatic carbocycles. The molecule has 0 saturated carbocycles. The Morgan fingerprint density at radius 3 is 2.88 bits per heavy atom. The average Bonchev–Trinajstić information content (AvgIpc) is 2.97. The lowest BCUT2D eigenvalue weighted by Gasteiger charge is -2.15. The summed E-state index contributed by atoms with van der Waals surface area (Å²) in [7, 11) is 0. The van der Waals surface area contributed by atoms with Gasteiger partial charge in [-0.3, -0.25) is 4.79 Å². The highest BCUT2D eigenvalue weighted by atomic mass is 16.5. The minimum atomic E-state index is -0.493. The molecule has 0 spiro atoms. The van der Waals surface area contributed by atoms with E-state index in [2.05, 4.69) is 36.3 Å². The van der Waals surface area contributed by atoms with Gasteiger partial charge < -0.3 is 15.8 Å². The normalized spacial score (nSPS) is 16.0. The van der Waals surface area contributed by atoms with E-state index in [4.69, 9.17) is 10.5 Å². The number of amides is 1. The zero-order valence-electron chi connectivity index (χ0n) is 14.8. The van der Waals surface area contributed by atoms with Crippen molar-refractivity contribution in [2.75, 3.05) is 6.54 Å². The van der Waals surface area contributed by atoms with Crippen LogP contribution in [0, 0.1) is 5.92 Å². The summed E-state index contributed by atoms with van der Waals surface area (Å²) in [5, 5.41) is 3.66. The van der Waals surface area contributed by atoms with E-state index in [1.807, 2.05) is 6.07 Å². The highest BCUT2D eigenvalue weighted by molar-refractivity contribution is 5.92. The summed E-state index contributed by atoms with van der Waals surface area (Å²) in [6.07, 6.45) is 4.81. The predicted molar refractivity (Wildman–Crippen MR) is 97.8 cm³/mol. The Kier molecular flexibility index (Phi) is 5.34. The summed E-state index contributed by atoms with van der Waals surface area (Å²) in [6.45, 7) is 5.55. The van der Waals surface area contributed by atoms with Crippen LogP contribution >= 0.6 is 0 Å². The maximum atomic E-state index is 11.1. The lowest BCUT2D eigenvalue weighted by molar-refractivity contribution is 0.1000. The van der Waals surface area contributed by atoms with Gasteiger partial charge in [0.2, 0.25) is 11.8 Å². The van der Waals surface area contributed by atoms with Crippen molar-refractivity contribution in [1.29, 1.82) is 0 Å². The van der Waals surface area contributed by atoms with Gasteiger partial charge in [0.25, 0.3) is 0 Å². The van der Waals surface area contributed by atoms with Crippen molar-refractivity contribution in [2.45, 2.75) is 39.2 Å². The molecule has 132 valence electrons. The van der Waals surface area contributed by atoms with Crippen molar-refractivity contribution in [3.05, 3.63) is 53.2 Å². The number of carbonyl (C=O) groups is 1. The van der Waals surface area contributed by atoms with E-state index in [0.717, 1.165) is 31.1 Å². The summed E-state index contributed by atoms with van der Waals surface area (Å²) in [4.78, 5) is 15.2. The second-order valence-corrected chi connectivity index (χ2v) is 6.94. The first kappa shape index (κ1) is 17.4. The van der Waals surface area contributed by atoms with Gasteiger partial charge >= 0.3 is 0 Å². The minimum Gasteiger partial charge on any atom is -0.439 e. The fraction of sp³-hybridized carbons (Fsp3) is 0.400. The van der Waals surface area contributed by atoms with Crippen LogP contribution in [0.3, 0.4) is 0 Å². The highest BCUT2D eigenvalue weighted by Crippen LogP contribution is 2.34. The van der Waals surface area contributed by atoms with E-state index in [1.54, 1.807) is 12.1 Å². The molecule has 1 aliphatic carbocycles. The highest BCUT2D eigenvalue weighted by Gasteiger charge is 2.22. The number of pyridine rings is 1. The van der Waals surface area contributed by atoms with Crippen LogP contribution in [-0.4, -0.2) is 17.4 Å². The molecule has 1 unspecified atom stereocenters. The fourth-order valence-corrected chi connectivity index (χ4v) is 3.12. The van der Waals surface area contributed by atoms with Gasteiger partial charge in [-0.1, -0.05) is 19.9 Å². The van der Waals surface area contributed by atoms with Gasteiger partial charge in [0.05, 0.1) is 5.56 Å². The lowest BCUT2D eigenvalue weighted by Crippen LogP contribution is -2.21. The monoisotopic (exact) mass is 339 g/mol. The number of ether oxygens (including phenoxy) is 1. The Morgan fingerprint density at radius 1 is 1.36 bits per heavy atom. The number of nitrogens with zero attached hydrogens (tertiary/aromatic N) is 1. The lowest BCUT2D eigenvalue weighted by atomic mass is 10.1. The van der Waals surface area contributed by atoms with Crippen LogP contribution in [0.4, 0.5) is 0 Å². The number of primary amides is 1. The van der Waals surface area contributed by atoms with E-state index in [9.17, 15) is 4.79 Å². The average molecular weight is 339 g/mol. The summed E-state index contributed by atoms with van der Waals surface area (Å²) in [5.74, 6) is 1.45. The topological polar surface area (TPSA) is 77.2 Å². The third kappa shape index (κ3) is 4.37. The Hall–Kier alpha value is -2.40. The Morgan fingerprint density at radius 2 is 2.20 bits per heavy atom. The van der Waals surface area contributed by atoms with Crippen LogP contribution in [0.2, 0.25) is 0 Å². The van der Waals surface area contributed by atoms with Crippen molar-refractivity contribution < 1.29 is 9.53 Å². The molecule has 0 radical (unpaired) electrons. The quantitative estimate of drug-likeness (QED) is 0.808. The minimum absolute atomic E-state index is 0.372. The number of fused-ring (bicyclic) bond motifs is 1. The molecular weight excluding hydrogens is 314 g/mol. The molecule has 0 bridgehead atoms. The Balaban J connectivity index is 1.64. The number of hydrogen-bond acceptors (Lipinski definition) is 4. The van der Waals surface area contributed by atoms with E-state index in [-0.39, 0.29) is 0 Å². The van der Waals surface area contributed by atoms with Crippen molar-refractivity contribution in [1.82, 2.24) is 10.3 Å². The van der Waals surface area contributed by atoms with Gasteiger partial charge in [-0.2, -0.15) is 0 Å². The molecule has 1 amide bonds. The molecule has 2 aromatic rings. The molecular formula is C20H25N3O2. The number of nitrogens with one attached hydrogen (secondary N) is 1. The van der Waals surface area contributed by atoms with Gasteiger partial charge in [-0.15, -0.1) is 0 Å². The molecule has 3 rings (SSSR count). The van der Waals surface area contributed by atoms with Gasteiger partial charge in [0.15, 0.2) is 0 Å². The molecule has 1 heterocycles. The zero-order valence-corrected chi connectivity index (χ0v) is 14.8. The summed E-state index contributed by atoms with van der Waals surface area (Å²) in [5.41, 5.74) is 8.28. The fourth-order valence-electron chi connectivity index (χ4n) is 3.12. The molecule has 1 aliphatic rings. The van der Waals surface area contributed by atoms with Crippen molar-refractivity contribution in [2.24, 2.45) is 11.7 Å². The van der Waals surface area contributed by atoms with Crippen LogP contribution in [0.25, 0.3) is 0 Å². The van der Waals surface area contributed by atoms with Crippen molar-refractivity contribution in [3.8, 4) is 11.6 Å². The first-order chi connectivity index (χ1) is 12.0. The van der Waals surface area contributed by atoms with Gasteiger partial charge in [0.1, 0.15) is 5.75 Å². The molecule has 1 atom stereocenters. The van der Waals surface area contributed by atoms with Gasteiger partial charge in [-0.05, 0) is 61.1 Å². The third-order valence-electron chi connectivity index (χ3n) is 4.55. The Bertz CT molecular complexity index is 741. The molecule has 5 nitrogen and oxygen atoms in total. The van der Waals surface area contributed by atoms with E-state index >= 15 is 0 Å². The first-order valence-electron chi connectivity index (χ1n) is 8.83. The predicted octanol–water partition coefficient (Wildman–Crippen LogP) is 3.60. The zero-order chi connectivity index (χ0) is 17.8. The maximum absolute atomic E-state index is 11.1. The Labute approximate surface area is 148 Å². The van der Waals surface area contributed by atoms with Gasteiger partial charge in [0, 0.05) is 18.3 Å². The van der Waals surface area contributed by atoms with Crippen LogP contribution in [0.15, 0.2) is 36.5 Å². The molecule has 25 heavy (non-hydrogen) atoms. The smallest absolute Gasteiger partial charge is 0.250 e. The molecule has 3 N–H and O–H groups in total. The number of aryl methyl sites for hydroxylation is 1. The third-order valence-corrected chi connectivity index (χ3v) is 4.55. The largest absolute Gasteiger partial charge is 0.439 e. The molecule has 0 fully saturated rings. The molecule has 1 aromatic heterocycles. The second-order valence-electron chi connectivity index (χ2n) is 6.94. The number of hydrogen-bond donors (Lipinski definition) is 2. The van der Waals surface area contributed by atoms with E-state index in [0.29, 0.717) is 17.5 Å². The number of carbonyl (C=O) groups excluding carboxylic acids is 1. The van der Waals surface area contributed by atoms with E-state index in [1.165, 1.54) is 23.7 Å². The van der Waals surface area contributed by atoms with Crippen molar-refractivity contribution in [3.63, 3.8) is 0 Å². The van der Waals surface area contributed by atoms with Crippen LogP contribution in [-0.2, 0) is 6.42 Å². The van der Waals surface area contributed by atoms with Crippen molar-refractivity contribution >= 4 is 5.91 Å². The maximum Gasteiger partial charge on any atom is 0.250 e. The summed E-state index contributed by atoms with van der Waals surface area (Å²) in [6, 6.07) is 9.92. The number of nitrogens with two attached hydrogens (primary N) is 1. The first-order valence-corrected chi connectivity index (χ1v) is 8.83. The summed E-state index contributed by atoms with van der Waals surface area (Å²) >= 11 is 0. The number of aromatic nitrogens is 1. The molecule has 0 aliphatic heterocycles. The second kappa shape index (κ2) is 7.66. The van der Waals surface area contributed by atoms with Crippen LogP contribution in [0.1, 0.15) is 54.2 Å². The van der Waals surface area contributed by atoms with Crippen LogP contribution in [0.5, 0.6) is 11.6 Å². The molecule has 5 heteroatoms. The summed E-state index contributed by atoms with van der Waals surface area (Å²) < 4.78 is 5.80. The van der Waals surface area contributed by atoms with Crippen LogP contribution < -0.4 is 15.8 Å². The van der Waals surface area contributed by atoms with E-state index < -0.39 is 5.91 Å². The van der Waals surface area contributed by atoms with Gasteiger partial charge in [-0.25, -0.2) is 4.98 Å². The molecule has 0 saturated heterocycles. The number of rotatable bonds is 7. The standard InChI is InChI=1S/C20H25N3O2/c1-13(2)9-10-22-18-7-3-14-11-16(5-6-17(14)18)25-19-8-4-15(12-23-19)20(21)24/h4-6,8,11-13,18,22H,3,7,9-10H2,1-2H3,(H2,21,24). The number of benzene rings is 1.